The number of anilines is 1. The maximum Gasteiger partial charge on any atom is 0.252 e. The Labute approximate surface area is 227 Å². The lowest BCUT2D eigenvalue weighted by Crippen LogP contribution is -2.56. The Balaban J connectivity index is 1.89. The number of amides is 1. The van der Waals surface area contributed by atoms with Crippen molar-refractivity contribution >= 4 is 23.4 Å². The molecule has 8 nitrogen and oxygen atoms in total. The maximum atomic E-state index is 13.5. The van der Waals surface area contributed by atoms with Crippen molar-refractivity contribution in [2.75, 3.05) is 45.8 Å². The Kier molecular flexibility index (Phi) is 9.80. The molecule has 38 heavy (non-hydrogen) atoms. The van der Waals surface area contributed by atoms with Gasteiger partial charge in [-0.25, -0.2) is 0 Å². The zero-order chi connectivity index (χ0) is 28.0. The van der Waals surface area contributed by atoms with Crippen LogP contribution < -0.4 is 25.0 Å². The van der Waals surface area contributed by atoms with Gasteiger partial charge in [0.25, 0.3) is 5.91 Å². The number of hydrogen-bond donors (Lipinski definition) is 3. The number of nitrogens with zero attached hydrogens (tertiary/aromatic N) is 2. The van der Waals surface area contributed by atoms with Crippen LogP contribution in [0.15, 0.2) is 36.5 Å². The van der Waals surface area contributed by atoms with E-state index < -0.39 is 0 Å². The lowest BCUT2D eigenvalue weighted by atomic mass is 9.98. The highest BCUT2D eigenvalue weighted by Gasteiger charge is 2.29. The first-order valence-corrected chi connectivity index (χ1v) is 13.2. The van der Waals surface area contributed by atoms with Crippen molar-refractivity contribution in [3.8, 4) is 11.5 Å². The number of nitrogens with one attached hydrogen (secondary N) is 3. The highest BCUT2D eigenvalue weighted by molar-refractivity contribution is 6.09. The molecule has 0 radical (unpaired) electrons. The van der Waals surface area contributed by atoms with E-state index in [9.17, 15) is 4.79 Å². The summed E-state index contributed by atoms with van der Waals surface area (Å²) in [5.41, 5.74) is 4.87. The molecule has 3 atom stereocenters. The number of likely N-dealkylation sites (N-methyl/N-ethyl adjacent to an activating group) is 1. The van der Waals surface area contributed by atoms with Gasteiger partial charge in [0.15, 0.2) is 11.5 Å². The molecule has 2 aromatic rings. The van der Waals surface area contributed by atoms with E-state index in [1.54, 1.807) is 27.5 Å². The molecule has 2 aromatic carbocycles. The normalized spacial score (nSPS) is 19.1. The smallest absolute Gasteiger partial charge is 0.252 e. The standard InChI is InChI=1S/C30H43N5O3/c1-9-35-20(3)17-34(18-21(35)4)25-11-10-19(2)26(14-25)30(36)33-22(5)23-12-27(24(15-31)16-32-6)29(38-8)28(13-23)37-7/h10-16,20-22,31-32H,9,17-18H2,1-8H3,(H,33,36)/b24-16+,31-15?/t20-,21+,22-/m1/s1. The minimum Gasteiger partial charge on any atom is -0.493 e. The summed E-state index contributed by atoms with van der Waals surface area (Å²) in [6.45, 7) is 13.6. The van der Waals surface area contributed by atoms with Gasteiger partial charge in [0.1, 0.15) is 0 Å². The first-order valence-electron chi connectivity index (χ1n) is 13.2. The number of allylic oxidation sites excluding steroid dienone is 1. The van der Waals surface area contributed by atoms with Gasteiger partial charge in [0.2, 0.25) is 0 Å². The van der Waals surface area contributed by atoms with Crippen molar-refractivity contribution in [3.63, 3.8) is 0 Å². The topological polar surface area (TPSA) is 89.9 Å². The third-order valence-electron chi connectivity index (χ3n) is 7.41. The van der Waals surface area contributed by atoms with Crippen molar-refractivity contribution in [1.82, 2.24) is 15.5 Å². The van der Waals surface area contributed by atoms with Crippen molar-refractivity contribution in [2.24, 2.45) is 0 Å². The van der Waals surface area contributed by atoms with Crippen LogP contribution in [-0.4, -0.2) is 70.0 Å². The molecule has 1 heterocycles. The molecule has 0 aromatic heterocycles. The summed E-state index contributed by atoms with van der Waals surface area (Å²) in [4.78, 5) is 18.4. The molecule has 0 spiro atoms. The van der Waals surface area contributed by atoms with Crippen LogP contribution in [0, 0.1) is 12.3 Å². The molecule has 3 N–H and O–H groups in total. The zero-order valence-electron chi connectivity index (χ0n) is 24.0. The van der Waals surface area contributed by atoms with Crippen LogP contribution in [0.5, 0.6) is 11.5 Å². The Morgan fingerprint density at radius 3 is 2.37 bits per heavy atom. The van der Waals surface area contributed by atoms with E-state index in [4.69, 9.17) is 14.9 Å². The fourth-order valence-electron chi connectivity index (χ4n) is 5.40. The van der Waals surface area contributed by atoms with Gasteiger partial charge in [-0.15, -0.1) is 0 Å². The number of ether oxygens (including phenoxy) is 2. The maximum absolute atomic E-state index is 13.5. The van der Waals surface area contributed by atoms with Gasteiger partial charge < -0.3 is 30.4 Å². The number of hydrogen-bond acceptors (Lipinski definition) is 7. The highest BCUT2D eigenvalue weighted by Crippen LogP contribution is 2.38. The van der Waals surface area contributed by atoms with Crippen molar-refractivity contribution < 1.29 is 14.3 Å². The summed E-state index contributed by atoms with van der Waals surface area (Å²) in [7, 11) is 4.94. The van der Waals surface area contributed by atoms with Crippen LogP contribution in [0.25, 0.3) is 5.57 Å². The quantitative estimate of drug-likeness (QED) is 0.395. The lowest BCUT2D eigenvalue weighted by molar-refractivity contribution is 0.0939. The molecule has 8 heteroatoms. The molecule has 0 saturated carbocycles. The Hall–Kier alpha value is -3.52. The molecule has 0 bridgehead atoms. The van der Waals surface area contributed by atoms with Crippen LogP contribution in [0.3, 0.4) is 0 Å². The predicted octanol–water partition coefficient (Wildman–Crippen LogP) is 4.63. The van der Waals surface area contributed by atoms with Crippen molar-refractivity contribution in [2.45, 2.75) is 52.7 Å². The molecule has 1 saturated heterocycles. The Morgan fingerprint density at radius 1 is 1.13 bits per heavy atom. The second kappa shape index (κ2) is 12.8. The average molecular weight is 522 g/mol. The van der Waals surface area contributed by atoms with E-state index >= 15 is 0 Å². The molecule has 206 valence electrons. The summed E-state index contributed by atoms with van der Waals surface area (Å²) < 4.78 is 11.2. The molecular formula is C30H43N5O3. The second-order valence-corrected chi connectivity index (χ2v) is 9.96. The number of carbonyl (C=O) groups excluding carboxylic acids is 1. The van der Waals surface area contributed by atoms with Crippen LogP contribution in [0.4, 0.5) is 5.69 Å². The molecule has 1 amide bonds. The minimum atomic E-state index is -0.307. The monoisotopic (exact) mass is 521 g/mol. The molecule has 1 aliphatic heterocycles. The van der Waals surface area contributed by atoms with E-state index in [1.807, 2.05) is 38.1 Å². The Bertz CT molecular complexity index is 1170. The number of aryl methyl sites for hydroxylation is 1. The SMILES string of the molecule is CCN1[C@H](C)CN(c2ccc(C)c(C(=O)N[C@H](C)c3cc(OC)c(OC)c(/C(C=N)=C/NC)c3)c2)C[C@@H]1C. The third kappa shape index (κ3) is 6.13. The van der Waals surface area contributed by atoms with Gasteiger partial charge in [0, 0.05) is 67.0 Å². The fraction of sp³-hybridized carbons (Fsp3) is 0.467. The van der Waals surface area contributed by atoms with Gasteiger partial charge in [-0.2, -0.15) is 0 Å². The second-order valence-electron chi connectivity index (χ2n) is 9.96. The Morgan fingerprint density at radius 2 is 1.82 bits per heavy atom. The molecule has 0 aliphatic carbocycles. The van der Waals surface area contributed by atoms with E-state index in [1.165, 1.54) is 6.21 Å². The first-order chi connectivity index (χ1) is 18.2. The van der Waals surface area contributed by atoms with E-state index in [2.05, 4.69) is 47.3 Å². The van der Waals surface area contributed by atoms with Gasteiger partial charge in [-0.1, -0.05) is 13.0 Å². The van der Waals surface area contributed by atoms with Gasteiger partial charge in [0.05, 0.1) is 20.3 Å². The zero-order valence-corrected chi connectivity index (χ0v) is 24.0. The van der Waals surface area contributed by atoms with Crippen molar-refractivity contribution in [3.05, 3.63) is 58.8 Å². The summed E-state index contributed by atoms with van der Waals surface area (Å²) >= 11 is 0. The third-order valence-corrected chi connectivity index (χ3v) is 7.41. The summed E-state index contributed by atoms with van der Waals surface area (Å²) in [6, 6.07) is 10.6. The predicted molar refractivity (Wildman–Crippen MR) is 156 cm³/mol. The molecule has 1 aliphatic rings. The van der Waals surface area contributed by atoms with Gasteiger partial charge in [-0.3, -0.25) is 9.69 Å². The summed E-state index contributed by atoms with van der Waals surface area (Å²) in [5.74, 6) is 0.951. The van der Waals surface area contributed by atoms with Gasteiger partial charge in [-0.05, 0) is 69.6 Å². The highest BCUT2D eigenvalue weighted by atomic mass is 16.5. The average Bonchev–Trinajstić information content (AvgIpc) is 2.90. The number of rotatable bonds is 10. The fourth-order valence-corrected chi connectivity index (χ4v) is 5.40. The summed E-state index contributed by atoms with van der Waals surface area (Å²) in [6.07, 6.45) is 2.99. The van der Waals surface area contributed by atoms with E-state index in [0.717, 1.165) is 36.4 Å². The number of carbonyl (C=O) groups is 1. The molecule has 0 unspecified atom stereocenters. The number of piperazine rings is 1. The van der Waals surface area contributed by atoms with Crippen LogP contribution in [0.2, 0.25) is 0 Å². The molecule has 3 rings (SSSR count). The van der Waals surface area contributed by atoms with Crippen LogP contribution in [0.1, 0.15) is 60.8 Å². The molecular weight excluding hydrogens is 478 g/mol. The van der Waals surface area contributed by atoms with E-state index in [0.29, 0.717) is 40.3 Å². The van der Waals surface area contributed by atoms with Crippen LogP contribution in [-0.2, 0) is 0 Å². The first kappa shape index (κ1) is 29.0. The summed E-state index contributed by atoms with van der Waals surface area (Å²) in [5, 5.41) is 14.0. The number of benzene rings is 2. The minimum absolute atomic E-state index is 0.125. The number of methoxy groups -OCH3 is 2. The molecule has 1 fully saturated rings. The van der Waals surface area contributed by atoms with Crippen LogP contribution >= 0.6 is 0 Å². The lowest BCUT2D eigenvalue weighted by Gasteiger charge is -2.45. The van der Waals surface area contributed by atoms with E-state index in [-0.39, 0.29) is 11.9 Å². The van der Waals surface area contributed by atoms with Crippen molar-refractivity contribution in [1.29, 1.82) is 5.41 Å². The largest absolute Gasteiger partial charge is 0.493 e. The van der Waals surface area contributed by atoms with Gasteiger partial charge >= 0.3 is 0 Å².